The van der Waals surface area contributed by atoms with Gasteiger partial charge < -0.3 is 31.9 Å². The van der Waals surface area contributed by atoms with E-state index >= 15 is 0 Å². The molecule has 2 aromatic carbocycles. The normalized spacial score (nSPS) is 14.2. The summed E-state index contributed by atoms with van der Waals surface area (Å²) in [6.07, 6.45) is 0.538. The Bertz CT molecular complexity index is 1100. The first-order chi connectivity index (χ1) is 18.4. The van der Waals surface area contributed by atoms with Crippen LogP contribution in [0, 0.1) is 11.8 Å². The second-order valence-electron chi connectivity index (χ2n) is 10.5. The molecule has 0 radical (unpaired) electrons. The van der Waals surface area contributed by atoms with Crippen molar-refractivity contribution in [1.29, 1.82) is 0 Å². The number of aromatic hydroxyl groups is 1. The third-order valence-corrected chi connectivity index (χ3v) is 6.22. The zero-order chi connectivity index (χ0) is 29.1. The number of nitrogens with one attached hydrogen (secondary N) is 3. The third kappa shape index (κ3) is 10.4. The summed E-state index contributed by atoms with van der Waals surface area (Å²) in [6.45, 7) is 7.42. The smallest absolute Gasteiger partial charge is 0.326 e. The van der Waals surface area contributed by atoms with Gasteiger partial charge in [0, 0.05) is 12.8 Å². The van der Waals surface area contributed by atoms with Crippen molar-refractivity contribution in [3.63, 3.8) is 0 Å². The summed E-state index contributed by atoms with van der Waals surface area (Å²) in [5.74, 6) is -3.02. The number of benzene rings is 2. The number of hydrogen-bond donors (Lipinski definition) is 6. The highest BCUT2D eigenvalue weighted by molar-refractivity contribution is 5.94. The minimum atomic E-state index is -1.27. The van der Waals surface area contributed by atoms with Gasteiger partial charge in [-0.05, 0) is 41.5 Å². The Balaban J connectivity index is 2.23. The van der Waals surface area contributed by atoms with Crippen LogP contribution in [0.3, 0.4) is 0 Å². The number of phenolic OH excluding ortho intramolecular Hbond substituents is 1. The molecule has 3 amide bonds. The molecule has 4 atom stereocenters. The highest BCUT2D eigenvalue weighted by atomic mass is 16.4. The lowest BCUT2D eigenvalue weighted by atomic mass is 9.99. The Kier molecular flexibility index (Phi) is 11.9. The number of carbonyl (C=O) groups is 4. The molecular weight excluding hydrogens is 500 g/mol. The molecule has 0 saturated carbocycles. The van der Waals surface area contributed by atoms with Crippen molar-refractivity contribution in [2.75, 3.05) is 0 Å². The van der Waals surface area contributed by atoms with Crippen LogP contribution in [0.4, 0.5) is 0 Å². The van der Waals surface area contributed by atoms with Gasteiger partial charge in [-0.15, -0.1) is 0 Å². The summed E-state index contributed by atoms with van der Waals surface area (Å²) in [4.78, 5) is 51.3. The topological polar surface area (TPSA) is 171 Å². The molecule has 2 rings (SSSR count). The molecule has 0 aliphatic rings. The van der Waals surface area contributed by atoms with Crippen molar-refractivity contribution < 1.29 is 29.4 Å². The summed E-state index contributed by atoms with van der Waals surface area (Å²) in [6, 6.07) is 10.9. The van der Waals surface area contributed by atoms with E-state index in [-0.39, 0.29) is 30.4 Å². The number of carbonyl (C=O) groups excluding carboxylic acids is 3. The molecule has 0 spiro atoms. The number of amides is 3. The molecule has 0 aliphatic carbocycles. The molecule has 212 valence electrons. The van der Waals surface area contributed by atoms with E-state index in [4.69, 9.17) is 5.73 Å². The Labute approximate surface area is 229 Å². The van der Waals surface area contributed by atoms with E-state index in [1.807, 2.05) is 19.9 Å². The van der Waals surface area contributed by atoms with Crippen molar-refractivity contribution in [1.82, 2.24) is 16.0 Å². The van der Waals surface area contributed by atoms with Gasteiger partial charge >= 0.3 is 5.97 Å². The quantitative estimate of drug-likeness (QED) is 0.212. The van der Waals surface area contributed by atoms with E-state index < -0.39 is 47.9 Å². The molecule has 10 nitrogen and oxygen atoms in total. The van der Waals surface area contributed by atoms with Crippen LogP contribution >= 0.6 is 0 Å². The van der Waals surface area contributed by atoms with Crippen LogP contribution in [0.25, 0.3) is 0 Å². The van der Waals surface area contributed by atoms with Crippen LogP contribution in [0.15, 0.2) is 54.6 Å². The number of hydrogen-bond acceptors (Lipinski definition) is 6. The van der Waals surface area contributed by atoms with Crippen LogP contribution in [0.2, 0.25) is 0 Å². The largest absolute Gasteiger partial charge is 0.508 e. The Morgan fingerprint density at radius 3 is 1.82 bits per heavy atom. The van der Waals surface area contributed by atoms with Gasteiger partial charge in [0.15, 0.2) is 0 Å². The van der Waals surface area contributed by atoms with Crippen LogP contribution in [0.1, 0.15) is 45.2 Å². The van der Waals surface area contributed by atoms with Crippen LogP contribution in [-0.2, 0) is 32.0 Å². The SMILES string of the molecule is CC(C)CC(N)C(=O)NC(C(=O)NC(Cc1ccccc1)C(=O)NC(Cc1ccc(O)cc1)C(=O)O)C(C)C. The van der Waals surface area contributed by atoms with Gasteiger partial charge in [0.2, 0.25) is 17.7 Å². The number of rotatable bonds is 14. The monoisotopic (exact) mass is 540 g/mol. The van der Waals surface area contributed by atoms with Crippen molar-refractivity contribution in [3.05, 3.63) is 65.7 Å². The lowest BCUT2D eigenvalue weighted by Gasteiger charge is -2.27. The number of nitrogens with two attached hydrogens (primary N) is 1. The third-order valence-electron chi connectivity index (χ3n) is 6.22. The van der Waals surface area contributed by atoms with Crippen LogP contribution in [-0.4, -0.2) is 58.1 Å². The predicted molar refractivity (Wildman–Crippen MR) is 148 cm³/mol. The molecule has 0 bridgehead atoms. The predicted octanol–water partition coefficient (Wildman–Crippen LogP) is 1.75. The van der Waals surface area contributed by atoms with Gasteiger partial charge in [-0.25, -0.2) is 4.79 Å². The Morgan fingerprint density at radius 2 is 1.28 bits per heavy atom. The maximum absolute atomic E-state index is 13.3. The molecular formula is C29H40N4O6. The summed E-state index contributed by atoms with van der Waals surface area (Å²) < 4.78 is 0. The lowest BCUT2D eigenvalue weighted by Crippen LogP contribution is -2.59. The minimum absolute atomic E-state index is 0.0221. The van der Waals surface area contributed by atoms with E-state index in [2.05, 4.69) is 16.0 Å². The Hall–Kier alpha value is -3.92. The van der Waals surface area contributed by atoms with Crippen LogP contribution < -0.4 is 21.7 Å². The number of aliphatic carboxylic acids is 1. The fourth-order valence-electron chi connectivity index (χ4n) is 4.07. The fourth-order valence-corrected chi connectivity index (χ4v) is 4.07. The molecule has 4 unspecified atom stereocenters. The number of carboxylic acid groups (broad SMARTS) is 1. The highest BCUT2D eigenvalue weighted by Gasteiger charge is 2.32. The number of carboxylic acids is 1. The maximum Gasteiger partial charge on any atom is 0.326 e. The van der Waals surface area contributed by atoms with Gasteiger partial charge in [-0.3, -0.25) is 14.4 Å². The van der Waals surface area contributed by atoms with Crippen molar-refractivity contribution in [2.45, 2.75) is 71.1 Å². The lowest BCUT2D eigenvalue weighted by molar-refractivity contribution is -0.142. The molecule has 0 aliphatic heterocycles. The zero-order valence-electron chi connectivity index (χ0n) is 22.9. The fraction of sp³-hybridized carbons (Fsp3) is 0.448. The number of phenols is 1. The maximum atomic E-state index is 13.3. The van der Waals surface area contributed by atoms with Gasteiger partial charge in [-0.1, -0.05) is 70.2 Å². The zero-order valence-corrected chi connectivity index (χ0v) is 22.9. The summed E-state index contributed by atoms with van der Waals surface area (Å²) in [7, 11) is 0. The molecule has 0 heterocycles. The second-order valence-corrected chi connectivity index (χ2v) is 10.5. The molecule has 10 heteroatoms. The first kappa shape index (κ1) is 31.3. The average Bonchev–Trinajstić information content (AvgIpc) is 2.87. The van der Waals surface area contributed by atoms with E-state index in [9.17, 15) is 29.4 Å². The molecule has 0 aromatic heterocycles. The van der Waals surface area contributed by atoms with E-state index in [1.54, 1.807) is 50.2 Å². The minimum Gasteiger partial charge on any atom is -0.508 e. The average molecular weight is 541 g/mol. The molecule has 7 N–H and O–H groups in total. The summed E-state index contributed by atoms with van der Waals surface area (Å²) in [5, 5.41) is 27.2. The molecule has 0 fully saturated rings. The van der Waals surface area contributed by atoms with Gasteiger partial charge in [-0.2, -0.15) is 0 Å². The molecule has 0 saturated heterocycles. The first-order valence-electron chi connectivity index (χ1n) is 13.1. The van der Waals surface area contributed by atoms with Crippen molar-refractivity contribution in [3.8, 4) is 5.75 Å². The van der Waals surface area contributed by atoms with E-state index in [1.165, 1.54) is 12.1 Å². The molecule has 2 aromatic rings. The van der Waals surface area contributed by atoms with Gasteiger partial charge in [0.1, 0.15) is 23.9 Å². The highest BCUT2D eigenvalue weighted by Crippen LogP contribution is 2.13. The summed E-state index contributed by atoms with van der Waals surface area (Å²) in [5.41, 5.74) is 7.35. The van der Waals surface area contributed by atoms with Gasteiger partial charge in [0.05, 0.1) is 6.04 Å². The Morgan fingerprint density at radius 1 is 0.744 bits per heavy atom. The standard InChI is InChI=1S/C29H40N4O6/c1-17(2)14-22(30)26(35)33-25(18(3)4)28(37)31-23(15-19-8-6-5-7-9-19)27(36)32-24(29(38)39)16-20-10-12-21(34)13-11-20/h5-13,17-18,22-25,34H,14-16,30H2,1-4H3,(H,31,37)(H,32,36)(H,33,35)(H,38,39). The summed E-state index contributed by atoms with van der Waals surface area (Å²) >= 11 is 0. The van der Waals surface area contributed by atoms with Crippen molar-refractivity contribution in [2.24, 2.45) is 17.6 Å². The first-order valence-corrected chi connectivity index (χ1v) is 13.1. The van der Waals surface area contributed by atoms with E-state index in [0.29, 0.717) is 12.0 Å². The second kappa shape index (κ2) is 14.9. The van der Waals surface area contributed by atoms with E-state index in [0.717, 1.165) is 5.56 Å². The van der Waals surface area contributed by atoms with Crippen LogP contribution in [0.5, 0.6) is 5.75 Å². The van der Waals surface area contributed by atoms with Gasteiger partial charge in [0.25, 0.3) is 0 Å². The molecule has 39 heavy (non-hydrogen) atoms. The van der Waals surface area contributed by atoms with Crippen molar-refractivity contribution >= 4 is 23.7 Å².